The highest BCUT2D eigenvalue weighted by Crippen LogP contribution is 2.30. The van der Waals surface area contributed by atoms with Crippen molar-refractivity contribution in [1.29, 1.82) is 0 Å². The van der Waals surface area contributed by atoms with E-state index < -0.39 is 0 Å². The molecule has 2 aromatic carbocycles. The SMILES string of the molecule is CNC(c1ccc(C)c(F)c1)c1cccc(C)c1Cl. The molecule has 1 N–H and O–H groups in total. The minimum atomic E-state index is -0.193. The number of halogens is 2. The summed E-state index contributed by atoms with van der Waals surface area (Å²) in [4.78, 5) is 0. The van der Waals surface area contributed by atoms with Crippen molar-refractivity contribution in [2.45, 2.75) is 19.9 Å². The molecule has 1 unspecified atom stereocenters. The van der Waals surface area contributed by atoms with Gasteiger partial charge in [0.1, 0.15) is 5.82 Å². The molecular weight excluding hydrogens is 261 g/mol. The van der Waals surface area contributed by atoms with E-state index in [1.807, 2.05) is 38.2 Å². The number of nitrogens with one attached hydrogen (secondary N) is 1. The molecule has 2 rings (SSSR count). The van der Waals surface area contributed by atoms with E-state index in [9.17, 15) is 4.39 Å². The molecule has 0 aromatic heterocycles. The van der Waals surface area contributed by atoms with Gasteiger partial charge in [0, 0.05) is 5.02 Å². The van der Waals surface area contributed by atoms with Gasteiger partial charge in [0.05, 0.1) is 6.04 Å². The topological polar surface area (TPSA) is 12.0 Å². The molecule has 0 aliphatic carbocycles. The third-order valence-corrected chi connectivity index (χ3v) is 3.87. The Labute approximate surface area is 118 Å². The summed E-state index contributed by atoms with van der Waals surface area (Å²) in [6.45, 7) is 3.72. The molecule has 0 bridgehead atoms. The molecule has 0 fully saturated rings. The fraction of sp³-hybridized carbons (Fsp3) is 0.250. The fourth-order valence-corrected chi connectivity index (χ4v) is 2.42. The standard InChI is InChI=1S/C16H17ClFN/c1-10-7-8-12(9-14(10)18)16(19-3)13-6-4-5-11(2)15(13)17/h4-9,16,19H,1-3H3. The largest absolute Gasteiger partial charge is 0.309 e. The maximum Gasteiger partial charge on any atom is 0.126 e. The second-order valence-corrected chi connectivity index (χ2v) is 5.09. The van der Waals surface area contributed by atoms with Crippen LogP contribution in [0.15, 0.2) is 36.4 Å². The minimum absolute atomic E-state index is 0.109. The van der Waals surface area contributed by atoms with E-state index in [0.717, 1.165) is 21.7 Å². The Kier molecular flexibility index (Phi) is 4.23. The van der Waals surface area contributed by atoms with Gasteiger partial charge in [-0.1, -0.05) is 41.9 Å². The van der Waals surface area contributed by atoms with Crippen LogP contribution in [0.3, 0.4) is 0 Å². The van der Waals surface area contributed by atoms with Crippen LogP contribution < -0.4 is 5.32 Å². The molecule has 0 aliphatic heterocycles. The molecule has 1 nitrogen and oxygen atoms in total. The van der Waals surface area contributed by atoms with Gasteiger partial charge in [-0.05, 0) is 49.2 Å². The number of rotatable bonds is 3. The lowest BCUT2D eigenvalue weighted by molar-refractivity contribution is 0.608. The third-order valence-electron chi connectivity index (χ3n) is 3.35. The summed E-state index contributed by atoms with van der Waals surface area (Å²) in [5, 5.41) is 3.92. The van der Waals surface area contributed by atoms with Crippen molar-refractivity contribution in [3.8, 4) is 0 Å². The van der Waals surface area contributed by atoms with Crippen molar-refractivity contribution in [2.24, 2.45) is 0 Å². The molecule has 1 atom stereocenters. The Morgan fingerprint density at radius 1 is 1.11 bits per heavy atom. The van der Waals surface area contributed by atoms with Crippen LogP contribution in [0, 0.1) is 19.7 Å². The van der Waals surface area contributed by atoms with E-state index in [4.69, 9.17) is 11.6 Å². The summed E-state index contributed by atoms with van der Waals surface area (Å²) in [5.41, 5.74) is 3.51. The van der Waals surface area contributed by atoms with Crippen molar-refractivity contribution >= 4 is 11.6 Å². The molecule has 0 heterocycles. The van der Waals surface area contributed by atoms with Crippen LogP contribution in [0.4, 0.5) is 4.39 Å². The molecular formula is C16H17ClFN. The average Bonchev–Trinajstić information content (AvgIpc) is 2.39. The van der Waals surface area contributed by atoms with E-state index in [0.29, 0.717) is 5.56 Å². The van der Waals surface area contributed by atoms with Crippen LogP contribution in [0.1, 0.15) is 28.3 Å². The van der Waals surface area contributed by atoms with E-state index in [2.05, 4.69) is 5.32 Å². The molecule has 2 aromatic rings. The van der Waals surface area contributed by atoms with Gasteiger partial charge in [-0.2, -0.15) is 0 Å². The molecule has 100 valence electrons. The third kappa shape index (κ3) is 2.80. The van der Waals surface area contributed by atoms with Crippen molar-refractivity contribution in [2.75, 3.05) is 7.05 Å². The van der Waals surface area contributed by atoms with Crippen molar-refractivity contribution in [1.82, 2.24) is 5.32 Å². The van der Waals surface area contributed by atoms with Gasteiger partial charge in [0.15, 0.2) is 0 Å². The lowest BCUT2D eigenvalue weighted by Crippen LogP contribution is -2.18. The van der Waals surface area contributed by atoms with Crippen LogP contribution in [0.2, 0.25) is 5.02 Å². The second-order valence-electron chi connectivity index (χ2n) is 4.71. The predicted octanol–water partition coefficient (Wildman–Crippen LogP) is 4.40. The molecule has 0 amide bonds. The van der Waals surface area contributed by atoms with Crippen LogP contribution in [-0.4, -0.2) is 7.05 Å². The fourth-order valence-electron chi connectivity index (χ4n) is 2.18. The van der Waals surface area contributed by atoms with E-state index >= 15 is 0 Å². The Bertz CT molecular complexity index is 595. The molecule has 0 spiro atoms. The predicted molar refractivity (Wildman–Crippen MR) is 78.2 cm³/mol. The molecule has 0 radical (unpaired) electrons. The monoisotopic (exact) mass is 277 g/mol. The Morgan fingerprint density at radius 3 is 2.47 bits per heavy atom. The highest BCUT2D eigenvalue weighted by molar-refractivity contribution is 6.32. The van der Waals surface area contributed by atoms with E-state index in [1.54, 1.807) is 19.1 Å². The molecule has 0 saturated heterocycles. The van der Waals surface area contributed by atoms with Crippen molar-refractivity contribution in [3.63, 3.8) is 0 Å². The number of benzene rings is 2. The molecule has 3 heteroatoms. The van der Waals surface area contributed by atoms with Gasteiger partial charge in [-0.3, -0.25) is 0 Å². The first-order valence-electron chi connectivity index (χ1n) is 6.23. The zero-order valence-electron chi connectivity index (χ0n) is 11.3. The second kappa shape index (κ2) is 5.72. The summed E-state index contributed by atoms with van der Waals surface area (Å²) >= 11 is 6.35. The maximum absolute atomic E-state index is 13.7. The normalized spacial score (nSPS) is 12.5. The summed E-state index contributed by atoms with van der Waals surface area (Å²) in [7, 11) is 1.85. The molecule has 0 aliphatic rings. The Balaban J connectivity index is 2.50. The van der Waals surface area contributed by atoms with Gasteiger partial charge in [-0.25, -0.2) is 4.39 Å². The molecule has 0 saturated carbocycles. The summed E-state index contributed by atoms with van der Waals surface area (Å²) in [6, 6.07) is 11.1. The van der Waals surface area contributed by atoms with Crippen LogP contribution >= 0.6 is 11.6 Å². The quantitative estimate of drug-likeness (QED) is 0.876. The number of aryl methyl sites for hydroxylation is 2. The minimum Gasteiger partial charge on any atom is -0.309 e. The van der Waals surface area contributed by atoms with Gasteiger partial charge in [-0.15, -0.1) is 0 Å². The zero-order chi connectivity index (χ0) is 14.0. The van der Waals surface area contributed by atoms with Crippen LogP contribution in [0.5, 0.6) is 0 Å². The highest BCUT2D eigenvalue weighted by Gasteiger charge is 2.17. The number of hydrogen-bond acceptors (Lipinski definition) is 1. The van der Waals surface area contributed by atoms with Crippen LogP contribution in [-0.2, 0) is 0 Å². The summed E-state index contributed by atoms with van der Waals surface area (Å²) < 4.78 is 13.7. The van der Waals surface area contributed by atoms with Crippen LogP contribution in [0.25, 0.3) is 0 Å². The number of hydrogen-bond donors (Lipinski definition) is 1. The lowest BCUT2D eigenvalue weighted by atomic mass is 9.96. The Morgan fingerprint density at radius 2 is 1.84 bits per heavy atom. The first-order valence-corrected chi connectivity index (χ1v) is 6.60. The maximum atomic E-state index is 13.7. The van der Waals surface area contributed by atoms with Crippen molar-refractivity contribution < 1.29 is 4.39 Å². The zero-order valence-corrected chi connectivity index (χ0v) is 12.1. The van der Waals surface area contributed by atoms with E-state index in [-0.39, 0.29) is 11.9 Å². The molecule has 19 heavy (non-hydrogen) atoms. The first kappa shape index (κ1) is 14.0. The van der Waals surface area contributed by atoms with Gasteiger partial charge in [0.2, 0.25) is 0 Å². The lowest BCUT2D eigenvalue weighted by Gasteiger charge is -2.20. The highest BCUT2D eigenvalue weighted by atomic mass is 35.5. The van der Waals surface area contributed by atoms with Gasteiger partial charge >= 0.3 is 0 Å². The average molecular weight is 278 g/mol. The van der Waals surface area contributed by atoms with E-state index in [1.165, 1.54) is 0 Å². The summed E-state index contributed by atoms with van der Waals surface area (Å²) in [6.07, 6.45) is 0. The van der Waals surface area contributed by atoms with Gasteiger partial charge < -0.3 is 5.32 Å². The smallest absolute Gasteiger partial charge is 0.126 e. The Hall–Kier alpha value is -1.38. The van der Waals surface area contributed by atoms with Crippen molar-refractivity contribution in [3.05, 3.63) is 69.5 Å². The summed E-state index contributed by atoms with van der Waals surface area (Å²) in [5.74, 6) is -0.193. The van der Waals surface area contributed by atoms with Gasteiger partial charge in [0.25, 0.3) is 0 Å². The first-order chi connectivity index (χ1) is 9.04.